The first-order valence-electron chi connectivity index (χ1n) is 10.6. The number of hydrogen-bond donors (Lipinski definition) is 2. The average molecular weight is 465 g/mol. The fourth-order valence-corrected chi connectivity index (χ4v) is 6.40. The predicted octanol–water partition coefficient (Wildman–Crippen LogP) is 5.11. The van der Waals surface area contributed by atoms with Crippen LogP contribution in [0.15, 0.2) is 65.3 Å². The van der Waals surface area contributed by atoms with E-state index >= 15 is 0 Å². The van der Waals surface area contributed by atoms with Gasteiger partial charge in [0.05, 0.1) is 9.97 Å². The van der Waals surface area contributed by atoms with Gasteiger partial charge in [-0.25, -0.2) is 9.97 Å². The standard InChI is InChI=1S/C24H24N4O2S2/c25-10-11-29-18-8-6-17(7-9-18)22-20(16-4-2-1-3-5-16)21-23(27-15-28-24(21)30-22)26-14-19-31-12-13-32-19/h1-9,15,19H,10-14,25H2,(H,26,27,28). The monoisotopic (exact) mass is 464 g/mol. The van der Waals surface area contributed by atoms with Crippen LogP contribution < -0.4 is 15.8 Å². The second-order valence-electron chi connectivity index (χ2n) is 7.29. The first-order valence-corrected chi connectivity index (χ1v) is 12.7. The van der Waals surface area contributed by atoms with Crippen LogP contribution >= 0.6 is 23.5 Å². The van der Waals surface area contributed by atoms with Crippen molar-refractivity contribution in [2.75, 3.05) is 36.5 Å². The zero-order valence-electron chi connectivity index (χ0n) is 17.5. The molecule has 1 aliphatic rings. The molecule has 2 aromatic carbocycles. The molecule has 8 heteroatoms. The second kappa shape index (κ2) is 9.85. The van der Waals surface area contributed by atoms with E-state index in [0.29, 0.717) is 23.4 Å². The first-order chi connectivity index (χ1) is 15.8. The zero-order valence-corrected chi connectivity index (χ0v) is 19.1. The lowest BCUT2D eigenvalue weighted by Gasteiger charge is -2.11. The number of rotatable bonds is 8. The molecule has 6 nitrogen and oxygen atoms in total. The molecule has 164 valence electrons. The molecule has 32 heavy (non-hydrogen) atoms. The molecule has 3 N–H and O–H groups in total. The number of nitrogens with one attached hydrogen (secondary N) is 1. The van der Waals surface area contributed by atoms with E-state index in [2.05, 4.69) is 27.4 Å². The fraction of sp³-hybridized carbons (Fsp3) is 0.250. The summed E-state index contributed by atoms with van der Waals surface area (Å²) >= 11 is 3.98. The molecule has 1 saturated heterocycles. The number of ether oxygens (including phenoxy) is 1. The third kappa shape index (κ3) is 4.44. The summed E-state index contributed by atoms with van der Waals surface area (Å²) in [5.41, 5.74) is 9.12. The van der Waals surface area contributed by atoms with Crippen LogP contribution in [0.1, 0.15) is 0 Å². The van der Waals surface area contributed by atoms with Crippen LogP contribution in [0.5, 0.6) is 5.75 Å². The van der Waals surface area contributed by atoms with Gasteiger partial charge in [-0.15, -0.1) is 23.5 Å². The topological polar surface area (TPSA) is 86.2 Å². The number of anilines is 1. The van der Waals surface area contributed by atoms with Crippen LogP contribution in [0, 0.1) is 0 Å². The van der Waals surface area contributed by atoms with Crippen molar-refractivity contribution in [2.24, 2.45) is 5.73 Å². The van der Waals surface area contributed by atoms with E-state index in [1.807, 2.05) is 66.0 Å². The van der Waals surface area contributed by atoms with Crippen molar-refractivity contribution >= 4 is 40.4 Å². The largest absolute Gasteiger partial charge is 0.492 e. The van der Waals surface area contributed by atoms with E-state index in [1.54, 1.807) is 6.33 Å². The molecular weight excluding hydrogens is 440 g/mol. The summed E-state index contributed by atoms with van der Waals surface area (Å²) < 4.78 is 12.5. The van der Waals surface area contributed by atoms with Gasteiger partial charge in [0.15, 0.2) is 0 Å². The molecule has 0 radical (unpaired) electrons. The number of fused-ring (bicyclic) bond motifs is 1. The Hall–Kier alpha value is -2.68. The van der Waals surface area contributed by atoms with Crippen molar-refractivity contribution in [1.82, 2.24) is 9.97 Å². The van der Waals surface area contributed by atoms with Crippen molar-refractivity contribution in [3.8, 4) is 28.2 Å². The number of aromatic nitrogens is 2. The van der Waals surface area contributed by atoms with Gasteiger partial charge in [-0.3, -0.25) is 0 Å². The van der Waals surface area contributed by atoms with Crippen molar-refractivity contribution in [1.29, 1.82) is 0 Å². The van der Waals surface area contributed by atoms with E-state index in [-0.39, 0.29) is 0 Å². The van der Waals surface area contributed by atoms with Gasteiger partial charge in [0.2, 0.25) is 5.71 Å². The maximum absolute atomic E-state index is 6.31. The number of hydrogen-bond acceptors (Lipinski definition) is 8. The predicted molar refractivity (Wildman–Crippen MR) is 134 cm³/mol. The summed E-state index contributed by atoms with van der Waals surface area (Å²) in [7, 11) is 0. The van der Waals surface area contributed by atoms with Gasteiger partial charge in [0.25, 0.3) is 0 Å². The smallest absolute Gasteiger partial charge is 0.232 e. The maximum atomic E-state index is 6.31. The molecule has 0 aliphatic carbocycles. The minimum atomic E-state index is 0.482. The average Bonchev–Trinajstić information content (AvgIpc) is 3.50. The number of thioether (sulfide) groups is 2. The number of nitrogens with two attached hydrogens (primary N) is 1. The quantitative estimate of drug-likeness (QED) is 0.372. The van der Waals surface area contributed by atoms with E-state index in [4.69, 9.17) is 14.9 Å². The summed E-state index contributed by atoms with van der Waals surface area (Å²) in [5, 5.41) is 4.46. The van der Waals surface area contributed by atoms with Gasteiger partial charge in [-0.2, -0.15) is 0 Å². The van der Waals surface area contributed by atoms with Gasteiger partial charge >= 0.3 is 0 Å². The lowest BCUT2D eigenvalue weighted by Crippen LogP contribution is -2.12. The zero-order chi connectivity index (χ0) is 21.8. The molecule has 1 fully saturated rings. The number of benzene rings is 2. The molecule has 0 unspecified atom stereocenters. The highest BCUT2D eigenvalue weighted by Gasteiger charge is 2.23. The number of furan rings is 1. The SMILES string of the molecule is NCCOc1ccc(-c2oc3ncnc(NCC4SCCS4)c3c2-c2ccccc2)cc1. The molecule has 2 aromatic heterocycles. The van der Waals surface area contributed by atoms with Crippen LogP contribution in [0.3, 0.4) is 0 Å². The summed E-state index contributed by atoms with van der Waals surface area (Å²) in [6, 6.07) is 18.1. The van der Waals surface area contributed by atoms with Crippen molar-refractivity contribution in [3.05, 3.63) is 60.9 Å². The van der Waals surface area contributed by atoms with E-state index in [9.17, 15) is 0 Å². The van der Waals surface area contributed by atoms with E-state index in [0.717, 1.165) is 45.9 Å². The van der Waals surface area contributed by atoms with Crippen LogP contribution in [-0.2, 0) is 0 Å². The fourth-order valence-electron chi connectivity index (χ4n) is 3.74. The van der Waals surface area contributed by atoms with Crippen LogP contribution in [-0.4, -0.2) is 45.8 Å². The molecule has 0 saturated carbocycles. The Labute approximate surface area is 195 Å². The van der Waals surface area contributed by atoms with E-state index < -0.39 is 0 Å². The first kappa shape index (κ1) is 21.2. The maximum Gasteiger partial charge on any atom is 0.232 e. The Balaban J connectivity index is 1.58. The highest BCUT2D eigenvalue weighted by atomic mass is 32.2. The highest BCUT2D eigenvalue weighted by molar-refractivity contribution is 8.20. The Morgan fingerprint density at radius 2 is 1.78 bits per heavy atom. The molecule has 0 amide bonds. The van der Waals surface area contributed by atoms with Crippen LogP contribution in [0.2, 0.25) is 0 Å². The van der Waals surface area contributed by atoms with Crippen molar-refractivity contribution in [3.63, 3.8) is 0 Å². The molecule has 3 heterocycles. The normalized spacial score (nSPS) is 14.2. The van der Waals surface area contributed by atoms with Crippen LogP contribution in [0.25, 0.3) is 33.6 Å². The molecule has 1 aliphatic heterocycles. The summed E-state index contributed by atoms with van der Waals surface area (Å²) in [6.07, 6.45) is 1.56. The summed E-state index contributed by atoms with van der Waals surface area (Å²) in [6.45, 7) is 1.82. The molecule has 0 atom stereocenters. The Kier molecular flexibility index (Phi) is 6.52. The molecule has 4 aromatic rings. The lowest BCUT2D eigenvalue weighted by molar-refractivity contribution is 0.328. The third-order valence-corrected chi connectivity index (χ3v) is 8.21. The van der Waals surface area contributed by atoms with Gasteiger partial charge in [-0.05, 0) is 29.8 Å². The second-order valence-corrected chi connectivity index (χ2v) is 10.2. The van der Waals surface area contributed by atoms with Gasteiger partial charge in [-0.1, -0.05) is 30.3 Å². The summed E-state index contributed by atoms with van der Waals surface area (Å²) in [5.74, 6) is 4.76. The molecule has 0 spiro atoms. The van der Waals surface area contributed by atoms with Gasteiger partial charge < -0.3 is 20.2 Å². The minimum absolute atomic E-state index is 0.482. The van der Waals surface area contributed by atoms with Crippen LogP contribution in [0.4, 0.5) is 5.82 Å². The van der Waals surface area contributed by atoms with Crippen molar-refractivity contribution < 1.29 is 9.15 Å². The summed E-state index contributed by atoms with van der Waals surface area (Å²) in [4.78, 5) is 9.02. The van der Waals surface area contributed by atoms with Gasteiger partial charge in [0.1, 0.15) is 30.3 Å². The lowest BCUT2D eigenvalue weighted by atomic mass is 9.99. The highest BCUT2D eigenvalue weighted by Crippen LogP contribution is 2.43. The Bertz CT molecular complexity index is 1180. The van der Waals surface area contributed by atoms with Crippen molar-refractivity contribution in [2.45, 2.75) is 4.58 Å². The number of nitrogens with zero attached hydrogens (tertiary/aromatic N) is 2. The molecule has 0 bridgehead atoms. The Morgan fingerprint density at radius 3 is 2.53 bits per heavy atom. The Morgan fingerprint density at radius 1 is 1.00 bits per heavy atom. The van der Waals surface area contributed by atoms with Gasteiger partial charge in [0, 0.05) is 35.7 Å². The van der Waals surface area contributed by atoms with E-state index in [1.165, 1.54) is 11.5 Å². The molecular formula is C24H24N4O2S2. The third-order valence-electron chi connectivity index (χ3n) is 5.18. The molecule has 5 rings (SSSR count). The minimum Gasteiger partial charge on any atom is -0.492 e.